The number of benzene rings is 1. The van der Waals surface area contributed by atoms with Gasteiger partial charge < -0.3 is 24.6 Å². The number of piperidine rings is 1. The summed E-state index contributed by atoms with van der Waals surface area (Å²) in [7, 11) is 0. The second-order valence-electron chi connectivity index (χ2n) is 15.8. The topological polar surface area (TPSA) is 122 Å². The van der Waals surface area contributed by atoms with Crippen molar-refractivity contribution < 1.29 is 32.6 Å². The summed E-state index contributed by atoms with van der Waals surface area (Å²) in [5.41, 5.74) is -2.10. The van der Waals surface area contributed by atoms with Crippen LogP contribution < -0.4 is 15.0 Å². The third kappa shape index (κ3) is 6.90. The average Bonchev–Trinajstić information content (AvgIpc) is 3.68. The van der Waals surface area contributed by atoms with Gasteiger partial charge in [0.2, 0.25) is 5.95 Å². The van der Waals surface area contributed by atoms with Crippen LogP contribution in [0.5, 0.6) is 5.75 Å². The number of carboxylic acids is 1. The van der Waals surface area contributed by atoms with Gasteiger partial charge in [-0.05, 0) is 86.6 Å². The maximum Gasteiger partial charge on any atom is 0.434 e. The van der Waals surface area contributed by atoms with E-state index in [9.17, 15) is 27.9 Å². The molecule has 286 valence electrons. The van der Waals surface area contributed by atoms with Crippen molar-refractivity contribution in [3.05, 3.63) is 66.2 Å². The van der Waals surface area contributed by atoms with E-state index < -0.39 is 34.8 Å². The van der Waals surface area contributed by atoms with Gasteiger partial charge in [-0.3, -0.25) is 4.79 Å². The number of aromatic nitrogens is 4. The van der Waals surface area contributed by atoms with E-state index in [-0.39, 0.29) is 36.1 Å². The first-order valence-electron chi connectivity index (χ1n) is 19.5. The molecule has 3 saturated carbocycles. The largest absolute Gasteiger partial charge is 0.490 e. The molecule has 10 nitrogen and oxygen atoms in total. The van der Waals surface area contributed by atoms with Crippen molar-refractivity contribution in [3.63, 3.8) is 0 Å². The predicted molar refractivity (Wildman–Crippen MR) is 197 cm³/mol. The minimum atomic E-state index is -4.96. The van der Waals surface area contributed by atoms with E-state index in [1.807, 2.05) is 24.4 Å². The lowest BCUT2D eigenvalue weighted by Crippen LogP contribution is -2.57. The number of carbonyl (C=O) groups is 2. The van der Waals surface area contributed by atoms with Gasteiger partial charge in [-0.1, -0.05) is 32.6 Å². The van der Waals surface area contributed by atoms with Crippen LogP contribution in [0.1, 0.15) is 106 Å². The fourth-order valence-corrected chi connectivity index (χ4v) is 9.83. The summed E-state index contributed by atoms with van der Waals surface area (Å²) in [5.74, 6) is -0.725. The first kappa shape index (κ1) is 36.3. The monoisotopic (exact) mass is 744 g/mol. The standard InChI is InChI=1S/C41H47F3N6O4/c1-2-25-19-26-21-27(20-25)40(23-26,38(52)53)48-37(51)32-11-12-34(47-36(32)41(42,43)44)33-24-50(28-7-4-3-5-8-28)35-22-30(9-10-31(33)35)54-29-13-17-49(18-14-29)39-45-15-6-16-46-39/h6,9-12,15-16,22,24-29H,2-5,7-8,13-14,17-21,23H2,1H3,(H,48,51)(H,52,53). The average molecular weight is 745 g/mol. The number of pyridine rings is 1. The van der Waals surface area contributed by atoms with Crippen LogP contribution in [-0.4, -0.2) is 61.2 Å². The van der Waals surface area contributed by atoms with E-state index in [2.05, 4.69) is 36.7 Å². The number of ether oxygens (including phenoxy) is 1. The van der Waals surface area contributed by atoms with Gasteiger partial charge in [0.1, 0.15) is 17.4 Å². The number of carbonyl (C=O) groups excluding carboxylic acids is 1. The van der Waals surface area contributed by atoms with E-state index in [0.29, 0.717) is 36.0 Å². The van der Waals surface area contributed by atoms with Gasteiger partial charge >= 0.3 is 12.1 Å². The van der Waals surface area contributed by atoms with E-state index in [4.69, 9.17) is 4.74 Å². The van der Waals surface area contributed by atoms with Crippen LogP contribution >= 0.6 is 0 Å². The number of halogens is 3. The molecule has 1 aliphatic heterocycles. The van der Waals surface area contributed by atoms with Crippen molar-refractivity contribution in [2.75, 3.05) is 18.0 Å². The number of aliphatic carboxylic acids is 1. The van der Waals surface area contributed by atoms with E-state index >= 15 is 0 Å². The first-order valence-corrected chi connectivity index (χ1v) is 19.5. The van der Waals surface area contributed by atoms with E-state index in [0.717, 1.165) is 87.8 Å². The van der Waals surface area contributed by atoms with Gasteiger partial charge in [0, 0.05) is 67.6 Å². The Morgan fingerprint density at radius 3 is 2.46 bits per heavy atom. The molecule has 0 radical (unpaired) electrons. The molecular weight excluding hydrogens is 697 g/mol. The molecule has 3 aliphatic carbocycles. The Labute approximate surface area is 312 Å². The van der Waals surface area contributed by atoms with Crippen molar-refractivity contribution in [1.29, 1.82) is 0 Å². The van der Waals surface area contributed by atoms with Crippen molar-refractivity contribution in [3.8, 4) is 17.0 Å². The molecule has 4 fully saturated rings. The highest BCUT2D eigenvalue weighted by atomic mass is 19.4. The van der Waals surface area contributed by atoms with Crippen LogP contribution in [0.3, 0.4) is 0 Å². The normalized spacial score (nSPS) is 25.2. The molecule has 13 heteroatoms. The number of hydrogen-bond donors (Lipinski definition) is 2. The molecular formula is C41H47F3N6O4. The summed E-state index contributed by atoms with van der Waals surface area (Å²) in [6.45, 7) is 3.59. The molecule has 4 atom stereocenters. The fourth-order valence-electron chi connectivity index (χ4n) is 9.83. The number of rotatable bonds is 9. The number of amides is 1. The lowest BCUT2D eigenvalue weighted by Gasteiger charge is -2.34. The minimum Gasteiger partial charge on any atom is -0.490 e. The van der Waals surface area contributed by atoms with Crippen LogP contribution in [-0.2, 0) is 11.0 Å². The molecule has 1 aromatic carbocycles. The highest BCUT2D eigenvalue weighted by Crippen LogP contribution is 2.51. The van der Waals surface area contributed by atoms with Crippen LogP contribution in [0.4, 0.5) is 19.1 Å². The minimum absolute atomic E-state index is 0.00759. The summed E-state index contributed by atoms with van der Waals surface area (Å²) in [5, 5.41) is 13.8. The molecule has 1 amide bonds. The second-order valence-corrected chi connectivity index (χ2v) is 15.8. The maximum atomic E-state index is 14.8. The first-order chi connectivity index (χ1) is 26.0. The fraction of sp³-hybridized carbons (Fsp3) is 0.537. The molecule has 2 N–H and O–H groups in total. The van der Waals surface area contributed by atoms with Gasteiger partial charge in [0.15, 0.2) is 5.69 Å². The Morgan fingerprint density at radius 1 is 1.00 bits per heavy atom. The van der Waals surface area contributed by atoms with Gasteiger partial charge in [0.05, 0.1) is 16.8 Å². The SMILES string of the molecule is CCC1CC2CC(C1)C(NC(=O)c1ccc(-c3cn(C4CCCCC4)c4cc(OC5CCN(c6ncccn6)CC5)ccc34)nc1C(F)(F)F)(C(=O)O)C2. The van der Waals surface area contributed by atoms with Crippen LogP contribution in [0.15, 0.2) is 55.0 Å². The highest BCUT2D eigenvalue weighted by Gasteiger charge is 2.57. The van der Waals surface area contributed by atoms with E-state index in [1.54, 1.807) is 18.5 Å². The van der Waals surface area contributed by atoms with E-state index in [1.165, 1.54) is 6.07 Å². The van der Waals surface area contributed by atoms with Crippen molar-refractivity contribution in [2.45, 2.75) is 108 Å². The zero-order valence-corrected chi connectivity index (χ0v) is 30.5. The molecule has 2 bridgehead atoms. The lowest BCUT2D eigenvalue weighted by molar-refractivity contribution is -0.146. The summed E-state index contributed by atoms with van der Waals surface area (Å²) in [6.07, 6.45) is 10.5. The number of hydrogen-bond acceptors (Lipinski definition) is 7. The van der Waals surface area contributed by atoms with Crippen molar-refractivity contribution >= 4 is 28.7 Å². The Bertz CT molecular complexity index is 2010. The number of carboxylic acid groups (broad SMARTS) is 1. The Morgan fingerprint density at radius 2 is 1.76 bits per heavy atom. The molecule has 3 aromatic heterocycles. The molecule has 0 spiro atoms. The summed E-state index contributed by atoms with van der Waals surface area (Å²) in [6, 6.07) is 10.3. The molecule has 8 rings (SSSR count). The highest BCUT2D eigenvalue weighted by molar-refractivity contribution is 6.00. The molecule has 4 unspecified atom stereocenters. The van der Waals surface area contributed by atoms with Gasteiger partial charge in [-0.25, -0.2) is 19.7 Å². The summed E-state index contributed by atoms with van der Waals surface area (Å²) in [4.78, 5) is 41.5. The Hall–Kier alpha value is -4.68. The van der Waals surface area contributed by atoms with Crippen LogP contribution in [0.2, 0.25) is 0 Å². The summed E-state index contributed by atoms with van der Waals surface area (Å²) >= 11 is 0. The lowest BCUT2D eigenvalue weighted by atomic mass is 9.76. The zero-order valence-electron chi connectivity index (χ0n) is 30.5. The number of alkyl halides is 3. The van der Waals surface area contributed by atoms with Crippen molar-refractivity contribution in [2.24, 2.45) is 17.8 Å². The Balaban J connectivity index is 1.09. The van der Waals surface area contributed by atoms with Gasteiger partial charge in [-0.15, -0.1) is 0 Å². The third-order valence-electron chi connectivity index (χ3n) is 12.5. The third-order valence-corrected chi connectivity index (χ3v) is 12.5. The Kier molecular flexibility index (Phi) is 9.76. The van der Waals surface area contributed by atoms with Crippen LogP contribution in [0, 0.1) is 17.8 Å². The zero-order chi connectivity index (χ0) is 37.6. The maximum absolute atomic E-state index is 14.8. The van der Waals surface area contributed by atoms with Gasteiger partial charge in [-0.2, -0.15) is 13.2 Å². The smallest absolute Gasteiger partial charge is 0.434 e. The number of nitrogens with one attached hydrogen (secondary N) is 1. The van der Waals surface area contributed by atoms with Crippen LogP contribution in [0.25, 0.3) is 22.2 Å². The number of nitrogens with zero attached hydrogens (tertiary/aromatic N) is 5. The molecule has 54 heavy (non-hydrogen) atoms. The summed E-state index contributed by atoms with van der Waals surface area (Å²) < 4.78 is 53.1. The van der Waals surface area contributed by atoms with Crippen molar-refractivity contribution in [1.82, 2.24) is 24.8 Å². The molecule has 4 heterocycles. The van der Waals surface area contributed by atoms with Gasteiger partial charge in [0.25, 0.3) is 5.91 Å². The molecule has 4 aromatic rings. The molecule has 1 saturated heterocycles. The number of fused-ring (bicyclic) bond motifs is 3. The predicted octanol–water partition coefficient (Wildman–Crippen LogP) is 8.46. The quantitative estimate of drug-likeness (QED) is 0.175. The molecule has 4 aliphatic rings. The number of anilines is 1. The second kappa shape index (κ2) is 14.5.